The Bertz CT molecular complexity index is 179. The van der Waals surface area contributed by atoms with Gasteiger partial charge in [-0.1, -0.05) is 0 Å². The van der Waals surface area contributed by atoms with Gasteiger partial charge in [-0.3, -0.25) is 0 Å². The maximum absolute atomic E-state index is 10.8. The third kappa shape index (κ3) is 1.66. The van der Waals surface area contributed by atoms with Crippen molar-refractivity contribution in [2.75, 3.05) is 19.3 Å². The summed E-state index contributed by atoms with van der Waals surface area (Å²) in [6.07, 6.45) is 2.00. The molecule has 1 fully saturated rings. The Morgan fingerprint density at radius 3 is 2.44 bits per heavy atom. The van der Waals surface area contributed by atoms with E-state index in [1.54, 1.807) is 0 Å². The summed E-state index contributed by atoms with van der Waals surface area (Å²) in [5.41, 5.74) is 0. The fourth-order valence-corrected chi connectivity index (χ4v) is 1.82. The van der Waals surface area contributed by atoms with Gasteiger partial charge in [0.2, 0.25) is 0 Å². The first-order chi connectivity index (χ1) is 4.11. The Labute approximate surface area is 55.4 Å². The second-order valence-electron chi connectivity index (χ2n) is 2.37. The highest BCUT2D eigenvalue weighted by Crippen LogP contribution is 2.08. The van der Waals surface area contributed by atoms with Gasteiger partial charge in [0.05, 0.1) is 5.25 Å². The number of hydrogen-bond acceptors (Lipinski definition) is 2. The molecule has 1 atom stereocenters. The number of sulfone groups is 1. The molecular weight excluding hydrogens is 138 g/mol. The second-order valence-corrected chi connectivity index (χ2v) is 4.70. The van der Waals surface area contributed by atoms with Crippen molar-refractivity contribution in [3.05, 3.63) is 0 Å². The minimum absolute atomic E-state index is 0.183. The predicted molar refractivity (Wildman–Crippen MR) is 35.1 cm³/mol. The van der Waals surface area contributed by atoms with Gasteiger partial charge in [-0.25, -0.2) is 13.7 Å². The Balaban J connectivity index is 2.63. The van der Waals surface area contributed by atoms with E-state index in [1.165, 1.54) is 6.26 Å². The van der Waals surface area contributed by atoms with Crippen molar-refractivity contribution in [1.29, 1.82) is 0 Å². The van der Waals surface area contributed by atoms with Crippen molar-refractivity contribution in [2.45, 2.75) is 11.7 Å². The standard InChI is InChI=1S/C5H10NO2S/c1-9(7,8)5-2-3-6-4-5/h5H,2-4H2,1H3. The van der Waals surface area contributed by atoms with Gasteiger partial charge in [0.15, 0.2) is 9.84 Å². The largest absolute Gasteiger partial charge is 0.240 e. The highest BCUT2D eigenvalue weighted by molar-refractivity contribution is 7.91. The normalized spacial score (nSPS) is 28.8. The summed E-state index contributed by atoms with van der Waals surface area (Å²) in [6, 6.07) is 0. The van der Waals surface area contributed by atoms with Crippen molar-refractivity contribution in [1.82, 2.24) is 5.32 Å². The van der Waals surface area contributed by atoms with E-state index in [-0.39, 0.29) is 5.25 Å². The summed E-state index contributed by atoms with van der Waals surface area (Å²) in [5.74, 6) is 0. The average molecular weight is 148 g/mol. The Hall–Kier alpha value is -0.0900. The van der Waals surface area contributed by atoms with Gasteiger partial charge in [-0.15, -0.1) is 0 Å². The quantitative estimate of drug-likeness (QED) is 0.499. The van der Waals surface area contributed by atoms with Crippen molar-refractivity contribution < 1.29 is 8.42 Å². The van der Waals surface area contributed by atoms with Gasteiger partial charge >= 0.3 is 0 Å². The molecule has 0 aromatic heterocycles. The van der Waals surface area contributed by atoms with Gasteiger partial charge < -0.3 is 0 Å². The molecule has 0 aromatic rings. The number of rotatable bonds is 1. The predicted octanol–water partition coefficient (Wildman–Crippen LogP) is -0.592. The van der Waals surface area contributed by atoms with E-state index in [1.807, 2.05) is 0 Å². The summed E-state index contributed by atoms with van der Waals surface area (Å²) in [6.45, 7) is 1.23. The lowest BCUT2D eigenvalue weighted by atomic mass is 10.4. The van der Waals surface area contributed by atoms with E-state index in [0.29, 0.717) is 6.54 Å². The van der Waals surface area contributed by atoms with Crippen LogP contribution in [0.4, 0.5) is 0 Å². The van der Waals surface area contributed by atoms with Crippen molar-refractivity contribution in [3.63, 3.8) is 0 Å². The maximum Gasteiger partial charge on any atom is 0.151 e. The topological polar surface area (TPSA) is 48.2 Å². The Morgan fingerprint density at radius 2 is 2.22 bits per heavy atom. The minimum Gasteiger partial charge on any atom is -0.240 e. The zero-order valence-corrected chi connectivity index (χ0v) is 6.19. The molecule has 0 spiro atoms. The number of hydrogen-bond donors (Lipinski definition) is 0. The highest BCUT2D eigenvalue weighted by Gasteiger charge is 2.24. The van der Waals surface area contributed by atoms with Crippen molar-refractivity contribution >= 4 is 9.84 Å². The molecule has 1 radical (unpaired) electrons. The lowest BCUT2D eigenvalue weighted by Crippen LogP contribution is -2.20. The molecular formula is C5H10NO2S. The van der Waals surface area contributed by atoms with E-state index < -0.39 is 9.84 Å². The molecule has 1 unspecified atom stereocenters. The van der Waals surface area contributed by atoms with E-state index in [2.05, 4.69) is 5.32 Å². The molecule has 53 valence electrons. The van der Waals surface area contributed by atoms with Crippen LogP contribution >= 0.6 is 0 Å². The summed E-state index contributed by atoms with van der Waals surface area (Å²) in [5, 5.41) is 3.77. The van der Waals surface area contributed by atoms with Crippen LogP contribution in [-0.2, 0) is 9.84 Å². The fourth-order valence-electron chi connectivity index (χ4n) is 0.911. The van der Waals surface area contributed by atoms with Gasteiger partial charge in [-0.2, -0.15) is 0 Å². The van der Waals surface area contributed by atoms with Gasteiger partial charge in [0.25, 0.3) is 0 Å². The third-order valence-electron chi connectivity index (χ3n) is 1.55. The first kappa shape index (κ1) is 7.02. The highest BCUT2D eigenvalue weighted by atomic mass is 32.2. The molecule has 1 aliphatic rings. The van der Waals surface area contributed by atoms with Gasteiger partial charge in [-0.05, 0) is 6.42 Å². The van der Waals surface area contributed by atoms with Crippen molar-refractivity contribution in [2.24, 2.45) is 0 Å². The average Bonchev–Trinajstić information content (AvgIpc) is 2.08. The van der Waals surface area contributed by atoms with Crippen LogP contribution in [0, 0.1) is 0 Å². The SMILES string of the molecule is CS(=O)(=O)C1CC[N]C1. The molecule has 1 rings (SSSR count). The minimum atomic E-state index is -2.80. The first-order valence-corrected chi connectivity index (χ1v) is 4.88. The monoisotopic (exact) mass is 148 g/mol. The van der Waals surface area contributed by atoms with Crippen LogP contribution in [0.25, 0.3) is 0 Å². The molecule has 9 heavy (non-hydrogen) atoms. The second kappa shape index (κ2) is 2.27. The van der Waals surface area contributed by atoms with Crippen LogP contribution in [0.2, 0.25) is 0 Å². The summed E-state index contributed by atoms with van der Waals surface area (Å²) in [4.78, 5) is 0. The van der Waals surface area contributed by atoms with Crippen LogP contribution in [0.15, 0.2) is 0 Å². The molecule has 0 amide bonds. The maximum atomic E-state index is 10.8. The molecule has 0 aliphatic carbocycles. The lowest BCUT2D eigenvalue weighted by molar-refractivity contribution is 0.589. The molecule has 0 bridgehead atoms. The number of nitrogens with zero attached hydrogens (tertiary/aromatic N) is 1. The van der Waals surface area contributed by atoms with Crippen LogP contribution < -0.4 is 5.32 Å². The molecule has 1 saturated heterocycles. The molecule has 1 heterocycles. The van der Waals surface area contributed by atoms with Crippen molar-refractivity contribution in [3.8, 4) is 0 Å². The molecule has 0 saturated carbocycles. The smallest absolute Gasteiger partial charge is 0.151 e. The van der Waals surface area contributed by atoms with E-state index in [9.17, 15) is 8.42 Å². The molecule has 0 N–H and O–H groups in total. The molecule has 3 nitrogen and oxygen atoms in total. The fraction of sp³-hybridized carbons (Fsp3) is 1.00. The van der Waals surface area contributed by atoms with E-state index in [0.717, 1.165) is 13.0 Å². The Kier molecular flexibility index (Phi) is 1.77. The van der Waals surface area contributed by atoms with E-state index >= 15 is 0 Å². The van der Waals surface area contributed by atoms with E-state index in [4.69, 9.17) is 0 Å². The lowest BCUT2D eigenvalue weighted by Gasteiger charge is -2.01. The zero-order chi connectivity index (χ0) is 6.91. The van der Waals surface area contributed by atoms with Crippen LogP contribution in [-0.4, -0.2) is 33.0 Å². The molecule has 0 aromatic carbocycles. The summed E-state index contributed by atoms with van der Waals surface area (Å²) in [7, 11) is -2.80. The van der Waals surface area contributed by atoms with Crippen LogP contribution in [0.1, 0.15) is 6.42 Å². The summed E-state index contributed by atoms with van der Waals surface area (Å²) >= 11 is 0. The molecule has 1 aliphatic heterocycles. The van der Waals surface area contributed by atoms with Gasteiger partial charge in [0.1, 0.15) is 0 Å². The Morgan fingerprint density at radius 1 is 1.56 bits per heavy atom. The van der Waals surface area contributed by atoms with Crippen LogP contribution in [0.3, 0.4) is 0 Å². The molecule has 4 heteroatoms. The van der Waals surface area contributed by atoms with Gasteiger partial charge in [0, 0.05) is 19.3 Å². The van der Waals surface area contributed by atoms with Crippen LogP contribution in [0.5, 0.6) is 0 Å². The summed E-state index contributed by atoms with van der Waals surface area (Å²) < 4.78 is 21.5. The first-order valence-electron chi connectivity index (χ1n) is 2.93. The zero-order valence-electron chi connectivity index (χ0n) is 5.37. The third-order valence-corrected chi connectivity index (χ3v) is 3.14.